The highest BCUT2D eigenvalue weighted by Gasteiger charge is 2.37. The van der Waals surface area contributed by atoms with Gasteiger partial charge in [-0.05, 0) is 31.0 Å². The predicted molar refractivity (Wildman–Crippen MR) is 79.1 cm³/mol. The number of amides is 2. The number of fused-ring (bicyclic) bond motifs is 1. The van der Waals surface area contributed by atoms with Gasteiger partial charge in [-0.3, -0.25) is 9.59 Å². The molecule has 2 aliphatic heterocycles. The summed E-state index contributed by atoms with van der Waals surface area (Å²) in [4.78, 5) is 28.9. The van der Waals surface area contributed by atoms with Gasteiger partial charge in [-0.2, -0.15) is 0 Å². The van der Waals surface area contributed by atoms with Crippen LogP contribution in [0.1, 0.15) is 28.8 Å². The van der Waals surface area contributed by atoms with Gasteiger partial charge < -0.3 is 9.80 Å². The first-order chi connectivity index (χ1) is 9.56. The molecule has 2 heterocycles. The minimum atomic E-state index is 0.0531. The van der Waals surface area contributed by atoms with Gasteiger partial charge >= 0.3 is 0 Å². The molecular weight excluding hydrogens is 272 g/mol. The normalized spacial score (nSPS) is 22.1. The zero-order valence-corrected chi connectivity index (χ0v) is 12.4. The molecule has 4 nitrogen and oxygen atoms in total. The van der Waals surface area contributed by atoms with Crippen LogP contribution >= 0.6 is 12.6 Å². The summed E-state index contributed by atoms with van der Waals surface area (Å²) in [7, 11) is 0. The summed E-state index contributed by atoms with van der Waals surface area (Å²) in [5, 5.41) is 0. The maximum absolute atomic E-state index is 12.6. The van der Waals surface area contributed by atoms with Crippen LogP contribution in [0.25, 0.3) is 0 Å². The van der Waals surface area contributed by atoms with Crippen molar-refractivity contribution in [3.8, 4) is 0 Å². The van der Waals surface area contributed by atoms with Crippen LogP contribution in [0.2, 0.25) is 0 Å². The van der Waals surface area contributed by atoms with Crippen LogP contribution in [0.5, 0.6) is 0 Å². The SMILES string of the molecule is Cc1ccc(S)cc1C(=O)N1CCN2C(=O)CCC2C1. The van der Waals surface area contributed by atoms with Crippen LogP contribution in [0.4, 0.5) is 0 Å². The fraction of sp³-hybridized carbons (Fsp3) is 0.467. The van der Waals surface area contributed by atoms with Crippen LogP contribution < -0.4 is 0 Å². The van der Waals surface area contributed by atoms with Crippen molar-refractivity contribution in [3.05, 3.63) is 29.3 Å². The van der Waals surface area contributed by atoms with E-state index in [-0.39, 0.29) is 17.9 Å². The minimum absolute atomic E-state index is 0.0531. The van der Waals surface area contributed by atoms with E-state index in [1.807, 2.05) is 34.9 Å². The number of rotatable bonds is 1. The number of hydrogen-bond acceptors (Lipinski definition) is 3. The van der Waals surface area contributed by atoms with Gasteiger partial charge in [0.1, 0.15) is 0 Å². The fourth-order valence-electron chi connectivity index (χ4n) is 3.06. The molecule has 0 radical (unpaired) electrons. The maximum atomic E-state index is 12.6. The van der Waals surface area contributed by atoms with Crippen LogP contribution in [0.3, 0.4) is 0 Å². The number of piperazine rings is 1. The summed E-state index contributed by atoms with van der Waals surface area (Å²) < 4.78 is 0. The third-order valence-electron chi connectivity index (χ3n) is 4.23. The Morgan fingerprint density at radius 2 is 2.15 bits per heavy atom. The van der Waals surface area contributed by atoms with Gasteiger partial charge in [-0.1, -0.05) is 6.07 Å². The monoisotopic (exact) mass is 290 g/mol. The van der Waals surface area contributed by atoms with Crippen LogP contribution in [-0.2, 0) is 4.79 Å². The van der Waals surface area contributed by atoms with Crippen molar-refractivity contribution in [1.29, 1.82) is 0 Å². The summed E-state index contributed by atoms with van der Waals surface area (Å²) in [6.07, 6.45) is 1.49. The first-order valence-electron chi connectivity index (χ1n) is 6.94. The lowest BCUT2D eigenvalue weighted by atomic mass is 10.1. The summed E-state index contributed by atoms with van der Waals surface area (Å²) >= 11 is 4.31. The topological polar surface area (TPSA) is 40.6 Å². The van der Waals surface area contributed by atoms with E-state index in [1.165, 1.54) is 0 Å². The Morgan fingerprint density at radius 1 is 1.35 bits per heavy atom. The van der Waals surface area contributed by atoms with Crippen LogP contribution in [-0.4, -0.2) is 47.3 Å². The molecule has 5 heteroatoms. The molecule has 20 heavy (non-hydrogen) atoms. The highest BCUT2D eigenvalue weighted by atomic mass is 32.1. The molecule has 2 amide bonds. The Bertz CT molecular complexity index is 573. The van der Waals surface area contributed by atoms with Crippen molar-refractivity contribution in [2.75, 3.05) is 19.6 Å². The molecule has 1 aromatic rings. The van der Waals surface area contributed by atoms with Crippen molar-refractivity contribution in [3.63, 3.8) is 0 Å². The zero-order chi connectivity index (χ0) is 14.3. The number of benzene rings is 1. The van der Waals surface area contributed by atoms with E-state index in [1.54, 1.807) is 0 Å². The first kappa shape index (κ1) is 13.5. The fourth-order valence-corrected chi connectivity index (χ4v) is 3.26. The van der Waals surface area contributed by atoms with Crippen LogP contribution in [0, 0.1) is 6.92 Å². The van der Waals surface area contributed by atoms with E-state index < -0.39 is 0 Å². The van der Waals surface area contributed by atoms with Gasteiger partial charge in [-0.25, -0.2) is 0 Å². The molecule has 2 aliphatic rings. The summed E-state index contributed by atoms with van der Waals surface area (Å²) in [5.41, 5.74) is 1.69. The Labute approximate surface area is 124 Å². The lowest BCUT2D eigenvalue weighted by molar-refractivity contribution is -0.130. The van der Waals surface area contributed by atoms with Crippen molar-refractivity contribution in [1.82, 2.24) is 9.80 Å². The second-order valence-electron chi connectivity index (χ2n) is 5.53. The molecule has 0 spiro atoms. The van der Waals surface area contributed by atoms with E-state index in [0.29, 0.717) is 26.1 Å². The molecule has 106 valence electrons. The largest absolute Gasteiger partial charge is 0.336 e. The summed E-state index contributed by atoms with van der Waals surface area (Å²) in [6.45, 7) is 3.88. The quantitative estimate of drug-likeness (QED) is 0.800. The second-order valence-corrected chi connectivity index (χ2v) is 6.05. The Balaban J connectivity index is 1.78. The average molecular weight is 290 g/mol. The number of thiol groups is 1. The number of aryl methyl sites for hydroxylation is 1. The standard InChI is InChI=1S/C15H18N2O2S/c1-10-2-4-12(20)8-13(10)15(19)16-6-7-17-11(9-16)3-5-14(17)18/h2,4,8,11,20H,3,5-7,9H2,1H3. The van der Waals surface area contributed by atoms with Crippen LogP contribution in [0.15, 0.2) is 23.1 Å². The molecular formula is C15H18N2O2S. The van der Waals surface area contributed by atoms with E-state index in [2.05, 4.69) is 12.6 Å². The molecule has 0 aliphatic carbocycles. The van der Waals surface area contributed by atoms with Gasteiger partial charge in [0.15, 0.2) is 0 Å². The average Bonchev–Trinajstić information content (AvgIpc) is 2.82. The smallest absolute Gasteiger partial charge is 0.254 e. The molecule has 2 saturated heterocycles. The molecule has 2 fully saturated rings. The molecule has 1 atom stereocenters. The lowest BCUT2D eigenvalue weighted by Crippen LogP contribution is -2.53. The third-order valence-corrected chi connectivity index (χ3v) is 4.51. The molecule has 3 rings (SSSR count). The van der Waals surface area contributed by atoms with Gasteiger partial charge in [0.2, 0.25) is 5.91 Å². The third kappa shape index (κ3) is 2.30. The Kier molecular flexibility index (Phi) is 3.46. The number of carbonyl (C=O) groups is 2. The Hall–Kier alpha value is -1.49. The summed E-state index contributed by atoms with van der Waals surface area (Å²) in [6, 6.07) is 5.85. The molecule has 1 unspecified atom stereocenters. The lowest BCUT2D eigenvalue weighted by Gasteiger charge is -2.37. The van der Waals surface area contributed by atoms with Gasteiger partial charge in [0.05, 0.1) is 0 Å². The number of carbonyl (C=O) groups excluding carboxylic acids is 2. The highest BCUT2D eigenvalue weighted by molar-refractivity contribution is 7.80. The van der Waals surface area contributed by atoms with Crippen molar-refractivity contribution < 1.29 is 9.59 Å². The van der Waals surface area contributed by atoms with E-state index in [9.17, 15) is 9.59 Å². The van der Waals surface area contributed by atoms with Crippen molar-refractivity contribution in [2.45, 2.75) is 30.7 Å². The van der Waals surface area contributed by atoms with Gasteiger partial charge in [0, 0.05) is 42.6 Å². The number of nitrogens with zero attached hydrogens (tertiary/aromatic N) is 2. The number of hydrogen-bond donors (Lipinski definition) is 1. The van der Waals surface area contributed by atoms with Crippen molar-refractivity contribution in [2.24, 2.45) is 0 Å². The molecule has 0 bridgehead atoms. The molecule has 0 N–H and O–H groups in total. The highest BCUT2D eigenvalue weighted by Crippen LogP contribution is 2.24. The predicted octanol–water partition coefficient (Wildman–Crippen LogP) is 1.73. The molecule has 0 aromatic heterocycles. The van der Waals surface area contributed by atoms with E-state index in [4.69, 9.17) is 0 Å². The first-order valence-corrected chi connectivity index (χ1v) is 7.39. The minimum Gasteiger partial charge on any atom is -0.336 e. The maximum Gasteiger partial charge on any atom is 0.254 e. The summed E-state index contributed by atoms with van der Waals surface area (Å²) in [5.74, 6) is 0.285. The van der Waals surface area contributed by atoms with E-state index in [0.717, 1.165) is 22.4 Å². The zero-order valence-electron chi connectivity index (χ0n) is 11.5. The van der Waals surface area contributed by atoms with Gasteiger partial charge in [-0.15, -0.1) is 12.6 Å². The van der Waals surface area contributed by atoms with Crippen molar-refractivity contribution >= 4 is 24.4 Å². The van der Waals surface area contributed by atoms with E-state index >= 15 is 0 Å². The Morgan fingerprint density at radius 3 is 2.95 bits per heavy atom. The second kappa shape index (κ2) is 5.13. The molecule has 0 saturated carbocycles. The molecule has 1 aromatic carbocycles. The van der Waals surface area contributed by atoms with Gasteiger partial charge in [0.25, 0.3) is 5.91 Å².